The van der Waals surface area contributed by atoms with Crippen molar-refractivity contribution >= 4 is 57.2 Å². The zero-order chi connectivity index (χ0) is 57.3. The van der Waals surface area contributed by atoms with Gasteiger partial charge in [-0.2, -0.15) is 0 Å². The molecule has 406 valence electrons. The minimum absolute atomic E-state index is 0.155. The Kier molecular flexibility index (Phi) is 11.4. The van der Waals surface area contributed by atoms with Crippen LogP contribution in [0.15, 0.2) is 273 Å². The van der Waals surface area contributed by atoms with Gasteiger partial charge in [-0.15, -0.1) is 0 Å². The molecule has 4 heteroatoms. The monoisotopic (exact) mass is 1090 g/mol. The molecule has 0 fully saturated rings. The predicted octanol–water partition coefficient (Wildman–Crippen LogP) is 19.5. The van der Waals surface area contributed by atoms with E-state index in [2.05, 4.69) is 324 Å². The molecule has 1 aliphatic carbocycles. The van der Waals surface area contributed by atoms with E-state index in [0.29, 0.717) is 0 Å². The fourth-order valence-corrected chi connectivity index (χ4v) is 14.7. The maximum atomic E-state index is 6.96. The Balaban J connectivity index is 1.11. The van der Waals surface area contributed by atoms with Crippen LogP contribution in [0.1, 0.15) is 74.9 Å². The lowest BCUT2D eigenvalue weighted by Gasteiger charge is -2.47. The molecule has 0 saturated carbocycles. The highest BCUT2D eigenvalue weighted by Crippen LogP contribution is 2.63. The van der Waals surface area contributed by atoms with Crippen molar-refractivity contribution in [1.82, 2.24) is 0 Å². The molecule has 0 N–H and O–H groups in total. The molecule has 3 heterocycles. The third-order valence-corrected chi connectivity index (χ3v) is 18.6. The van der Waals surface area contributed by atoms with Gasteiger partial charge in [0.2, 0.25) is 0 Å². The summed E-state index contributed by atoms with van der Waals surface area (Å²) in [5.41, 5.74) is 28.9. The van der Waals surface area contributed by atoms with E-state index in [4.69, 9.17) is 4.74 Å². The number of rotatable bonds is 6. The van der Waals surface area contributed by atoms with E-state index >= 15 is 0 Å². The summed E-state index contributed by atoms with van der Waals surface area (Å²) in [6.07, 6.45) is 0. The topological polar surface area (TPSA) is 15.7 Å². The molecule has 0 saturated heterocycles. The summed E-state index contributed by atoms with van der Waals surface area (Å²) < 4.78 is 6.96. The maximum absolute atomic E-state index is 6.96. The molecule has 1 spiro atoms. The molecular formula is C81H63BN2O. The molecular weight excluding hydrogens is 1030 g/mol. The van der Waals surface area contributed by atoms with Gasteiger partial charge in [0, 0.05) is 56.1 Å². The summed E-state index contributed by atoms with van der Waals surface area (Å²) in [5, 5.41) is 0. The number of ether oxygens (including phenoxy) is 1. The first-order valence-electron chi connectivity index (χ1n) is 30.0. The van der Waals surface area contributed by atoms with E-state index in [1.54, 1.807) is 0 Å². The number of para-hydroxylation sites is 4. The van der Waals surface area contributed by atoms with Gasteiger partial charge in [-0.25, -0.2) is 0 Å². The van der Waals surface area contributed by atoms with E-state index in [0.717, 1.165) is 56.3 Å². The number of fused-ring (bicyclic) bond motifs is 13. The fourth-order valence-electron chi connectivity index (χ4n) is 14.7. The lowest BCUT2D eigenvalue weighted by Crippen LogP contribution is -2.62. The van der Waals surface area contributed by atoms with Gasteiger partial charge in [0.05, 0.1) is 16.8 Å². The van der Waals surface area contributed by atoms with Crippen LogP contribution in [0.4, 0.5) is 34.1 Å². The highest BCUT2D eigenvalue weighted by molar-refractivity contribution is 7.00. The first-order valence-corrected chi connectivity index (χ1v) is 30.0. The molecule has 4 aliphatic rings. The van der Waals surface area contributed by atoms with Crippen molar-refractivity contribution in [2.24, 2.45) is 0 Å². The third kappa shape index (κ3) is 7.67. The Morgan fingerprint density at radius 3 is 1.18 bits per heavy atom. The van der Waals surface area contributed by atoms with Gasteiger partial charge in [-0.3, -0.25) is 0 Å². The first kappa shape index (κ1) is 50.8. The molecule has 0 amide bonds. The van der Waals surface area contributed by atoms with Crippen molar-refractivity contribution in [3.8, 4) is 67.1 Å². The van der Waals surface area contributed by atoms with Crippen LogP contribution >= 0.6 is 0 Å². The third-order valence-electron chi connectivity index (χ3n) is 18.6. The average Bonchev–Trinajstić information content (AvgIpc) is 1.91. The second-order valence-corrected chi connectivity index (χ2v) is 25.5. The molecule has 12 aromatic rings. The van der Waals surface area contributed by atoms with E-state index in [1.807, 2.05) is 0 Å². The Bertz CT molecular complexity index is 4490. The summed E-state index contributed by atoms with van der Waals surface area (Å²) in [4.78, 5) is 5.39. The van der Waals surface area contributed by atoms with Crippen LogP contribution in [0.3, 0.4) is 0 Å². The van der Waals surface area contributed by atoms with Crippen molar-refractivity contribution in [2.45, 2.75) is 57.8 Å². The van der Waals surface area contributed by atoms with Crippen LogP contribution in [0, 0.1) is 0 Å². The van der Waals surface area contributed by atoms with E-state index in [9.17, 15) is 0 Å². The van der Waals surface area contributed by atoms with Crippen molar-refractivity contribution in [2.75, 3.05) is 9.80 Å². The van der Waals surface area contributed by atoms with Crippen molar-refractivity contribution in [1.29, 1.82) is 0 Å². The smallest absolute Gasteiger partial charge is 0.252 e. The van der Waals surface area contributed by atoms with Gasteiger partial charge in [0.25, 0.3) is 6.71 Å². The van der Waals surface area contributed by atoms with Crippen LogP contribution in [0.25, 0.3) is 55.6 Å². The zero-order valence-electron chi connectivity index (χ0n) is 48.9. The summed E-state index contributed by atoms with van der Waals surface area (Å²) in [7, 11) is 0. The van der Waals surface area contributed by atoms with Crippen LogP contribution < -0.4 is 30.9 Å². The lowest BCUT2D eigenvalue weighted by atomic mass is 9.33. The normalized spacial score (nSPS) is 13.9. The molecule has 12 aromatic carbocycles. The Labute approximate surface area is 500 Å². The van der Waals surface area contributed by atoms with Gasteiger partial charge >= 0.3 is 0 Å². The summed E-state index contributed by atoms with van der Waals surface area (Å²) >= 11 is 0. The number of nitrogens with zero attached hydrogens (tertiary/aromatic N) is 2. The van der Waals surface area contributed by atoms with Gasteiger partial charge < -0.3 is 14.5 Å². The second-order valence-electron chi connectivity index (χ2n) is 25.5. The summed E-state index contributed by atoms with van der Waals surface area (Å²) in [6.45, 7) is 14.0. The molecule has 85 heavy (non-hydrogen) atoms. The largest absolute Gasteiger partial charge is 0.457 e. The van der Waals surface area contributed by atoms with Gasteiger partial charge in [-0.05, 0) is 119 Å². The molecule has 0 atom stereocenters. The zero-order valence-corrected chi connectivity index (χ0v) is 48.9. The SMILES string of the molecule is CC(C)(C)c1ccc2c(c1)B1c3cc4c(cc3N(c3c(-c5ccccc5)cccc3-c3ccccc3)c3cc(C(C)(C)C)cc(c31)N2c1c(-c2ccccc2)cccc1-c1ccccc1)-c1ccccc1C41c2ccccc2Oc2ccccc21. The lowest BCUT2D eigenvalue weighted by molar-refractivity contribution is 0.436. The van der Waals surface area contributed by atoms with Crippen LogP contribution in [0.5, 0.6) is 11.5 Å². The number of hydrogen-bond acceptors (Lipinski definition) is 3. The minimum atomic E-state index is -0.691. The van der Waals surface area contributed by atoms with Gasteiger partial charge in [0.15, 0.2) is 0 Å². The van der Waals surface area contributed by atoms with Crippen LogP contribution in [0.2, 0.25) is 0 Å². The van der Waals surface area contributed by atoms with E-state index in [-0.39, 0.29) is 17.5 Å². The van der Waals surface area contributed by atoms with Crippen molar-refractivity contribution in [3.63, 3.8) is 0 Å². The van der Waals surface area contributed by atoms with Gasteiger partial charge in [0.1, 0.15) is 11.5 Å². The molecule has 16 rings (SSSR count). The quantitative estimate of drug-likeness (QED) is 0.154. The average molecular weight is 1090 g/mol. The standard InChI is InChI=1S/C81H63BN2O/c1-79(2,3)56-45-46-70-68(47-56)82-69-51-67-63(62-35-19-20-40-64(62)81(67)65-41-21-23-43-74(65)85-75-44-24-22-42-66(75)81)50-71(69)84(78-60(54-31-15-9-16-32-54)38-26-39-61(78)55-33-17-10-18-34-55)73-49-57(80(4,5)6)48-72(76(73)82)83(70)77-58(52-27-11-7-12-28-52)36-25-37-59(77)53-29-13-8-14-30-53/h7-51H,1-6H3. The van der Waals surface area contributed by atoms with Gasteiger partial charge in [-0.1, -0.05) is 278 Å². The maximum Gasteiger partial charge on any atom is 0.252 e. The molecule has 0 aromatic heterocycles. The van der Waals surface area contributed by atoms with Crippen LogP contribution in [-0.4, -0.2) is 6.71 Å². The molecule has 0 bridgehead atoms. The molecule has 3 aliphatic heterocycles. The molecule has 0 unspecified atom stereocenters. The van der Waals surface area contributed by atoms with E-state index < -0.39 is 5.41 Å². The second kappa shape index (κ2) is 19.1. The molecule has 0 radical (unpaired) electrons. The minimum Gasteiger partial charge on any atom is -0.457 e. The summed E-state index contributed by atoms with van der Waals surface area (Å²) in [6, 6.07) is 103. The first-order chi connectivity index (χ1) is 41.5. The number of anilines is 6. The van der Waals surface area contributed by atoms with Crippen molar-refractivity contribution in [3.05, 3.63) is 306 Å². The Morgan fingerprint density at radius 2 is 0.706 bits per heavy atom. The van der Waals surface area contributed by atoms with Crippen LogP contribution in [-0.2, 0) is 16.2 Å². The number of benzene rings is 12. The highest BCUT2D eigenvalue weighted by atomic mass is 16.5. The number of hydrogen-bond donors (Lipinski definition) is 0. The summed E-state index contributed by atoms with van der Waals surface area (Å²) in [5.74, 6) is 1.77. The van der Waals surface area contributed by atoms with E-state index in [1.165, 1.54) is 94.8 Å². The Morgan fingerprint density at radius 1 is 0.306 bits per heavy atom. The van der Waals surface area contributed by atoms with Crippen molar-refractivity contribution < 1.29 is 4.74 Å². The predicted molar refractivity (Wildman–Crippen MR) is 357 cm³/mol. The molecule has 3 nitrogen and oxygen atoms in total. The Hall–Kier alpha value is -9.90. The highest BCUT2D eigenvalue weighted by Gasteiger charge is 2.54. The fraction of sp³-hybridized carbons (Fsp3) is 0.111.